The zero-order valence-corrected chi connectivity index (χ0v) is 20.2. The minimum Gasteiger partial charge on any atom is -0.444 e. The zero-order chi connectivity index (χ0) is 27.7. The summed E-state index contributed by atoms with van der Waals surface area (Å²) in [6.45, 7) is 3.86. The molecule has 2 amide bonds. The van der Waals surface area contributed by atoms with Gasteiger partial charge in [-0.15, -0.1) is 0 Å². The summed E-state index contributed by atoms with van der Waals surface area (Å²) in [6.07, 6.45) is -6.19. The topological polar surface area (TPSA) is 138 Å². The number of hydrogen-bond acceptors (Lipinski definition) is 6. The van der Waals surface area contributed by atoms with E-state index in [1.54, 1.807) is 20.8 Å². The maximum atomic E-state index is 14.1. The molecule has 15 heteroatoms. The molecule has 3 rings (SSSR count). The van der Waals surface area contributed by atoms with Gasteiger partial charge in [0.25, 0.3) is 0 Å². The average Bonchev–Trinajstić information content (AvgIpc) is 3.16. The number of alkyl halides is 3. The van der Waals surface area contributed by atoms with Gasteiger partial charge in [0.2, 0.25) is 11.7 Å². The summed E-state index contributed by atoms with van der Waals surface area (Å²) in [7, 11) is 0. The number of halogens is 5. The van der Waals surface area contributed by atoms with E-state index in [1.807, 2.05) is 0 Å². The van der Waals surface area contributed by atoms with Crippen LogP contribution in [0, 0.1) is 22.5 Å². The smallest absolute Gasteiger partial charge is 0.444 e. The van der Waals surface area contributed by atoms with Crippen molar-refractivity contribution in [2.45, 2.75) is 51.4 Å². The normalized spacial score (nSPS) is 15.6. The van der Waals surface area contributed by atoms with E-state index in [9.17, 15) is 31.5 Å². The Hall–Kier alpha value is -3.78. The maximum Gasteiger partial charge on any atom is 0.449 e. The van der Waals surface area contributed by atoms with Crippen molar-refractivity contribution < 1.29 is 36.3 Å². The molecule has 1 aromatic carbocycles. The van der Waals surface area contributed by atoms with Crippen LogP contribution in [0.15, 0.2) is 12.1 Å². The maximum absolute atomic E-state index is 14.1. The first kappa shape index (κ1) is 27.8. The molecule has 37 heavy (non-hydrogen) atoms. The predicted molar refractivity (Wildman–Crippen MR) is 122 cm³/mol. The van der Waals surface area contributed by atoms with Crippen LogP contribution in [0.4, 0.5) is 26.7 Å². The monoisotopic (exact) mass is 531 g/mol. The Morgan fingerprint density at radius 2 is 1.89 bits per heavy atom. The Bertz CT molecular complexity index is 1220. The second-order valence-electron chi connectivity index (χ2n) is 9.47. The van der Waals surface area contributed by atoms with Gasteiger partial charge in [-0.3, -0.25) is 20.7 Å². The number of nitrogens with zero attached hydrogens (tertiary/aromatic N) is 3. The molecule has 0 radical (unpaired) electrons. The van der Waals surface area contributed by atoms with Gasteiger partial charge in [-0.25, -0.2) is 13.6 Å². The molecule has 10 nitrogen and oxygen atoms in total. The molecule has 1 fully saturated rings. The van der Waals surface area contributed by atoms with Crippen LogP contribution in [-0.2, 0) is 16.0 Å². The lowest BCUT2D eigenvalue weighted by Gasteiger charge is -2.37. The van der Waals surface area contributed by atoms with Crippen LogP contribution >= 0.6 is 0 Å². The van der Waals surface area contributed by atoms with Crippen LogP contribution in [0.5, 0.6) is 0 Å². The highest BCUT2D eigenvalue weighted by Gasteiger charge is 2.42. The van der Waals surface area contributed by atoms with Gasteiger partial charge >= 0.3 is 12.3 Å². The fourth-order valence-electron chi connectivity index (χ4n) is 3.78. The Balaban J connectivity index is 1.76. The summed E-state index contributed by atoms with van der Waals surface area (Å²) < 4.78 is 71.5. The van der Waals surface area contributed by atoms with E-state index in [1.165, 1.54) is 6.07 Å². The van der Waals surface area contributed by atoms with Crippen LogP contribution in [-0.4, -0.2) is 81.1 Å². The van der Waals surface area contributed by atoms with E-state index in [0.717, 1.165) is 11.0 Å². The zero-order valence-electron chi connectivity index (χ0n) is 20.2. The second kappa shape index (κ2) is 10.3. The first-order valence-electron chi connectivity index (χ1n) is 11.2. The van der Waals surface area contributed by atoms with Gasteiger partial charge in [0, 0.05) is 43.1 Å². The summed E-state index contributed by atoms with van der Waals surface area (Å²) in [6, 6.07) is 1.29. The number of alkyl carbamates (subject to hydrolysis) is 1. The van der Waals surface area contributed by atoms with Crippen LogP contribution in [0.1, 0.15) is 32.9 Å². The summed E-state index contributed by atoms with van der Waals surface area (Å²) in [5, 5.41) is 24.3. The quantitative estimate of drug-likeness (QED) is 0.266. The summed E-state index contributed by atoms with van der Waals surface area (Å²) in [4.78, 5) is 27.0. The number of aromatic nitrogens is 2. The SMILES string of the molecule is CC(C)(C)OC(=O)N[C@@H](CC(=O)N1CCN(C(=N)C(F)(F)F)C(=N)C1)Cc1[nH]nc2c(F)c(F)ccc12. The highest BCUT2D eigenvalue weighted by Crippen LogP contribution is 2.24. The van der Waals surface area contributed by atoms with Crippen LogP contribution < -0.4 is 5.32 Å². The predicted octanol–water partition coefficient (Wildman–Crippen LogP) is 3.33. The molecule has 0 unspecified atom stereocenters. The number of rotatable bonds is 5. The standard InChI is InChI=1S/C22H26F5N7O3/c1-21(2,3)37-20(36)30-11(8-14-12-4-5-13(23)17(24)18(12)32-31-14)9-16(35)33-6-7-34(15(28)10-33)19(29)22(25,26)27/h4-5,11,28-29H,6-10H2,1-3H3,(H,30,36)(H,31,32)/t11-/m1/s1. The molecule has 1 aromatic heterocycles. The lowest BCUT2D eigenvalue weighted by Crippen LogP contribution is -2.57. The molecule has 0 saturated carbocycles. The molecular weight excluding hydrogens is 505 g/mol. The molecule has 0 aliphatic carbocycles. The largest absolute Gasteiger partial charge is 0.449 e. The number of hydrogen-bond donors (Lipinski definition) is 4. The van der Waals surface area contributed by atoms with Gasteiger partial charge in [0.15, 0.2) is 11.6 Å². The lowest BCUT2D eigenvalue weighted by molar-refractivity contribution is -0.131. The molecule has 1 atom stereocenters. The Morgan fingerprint density at radius 3 is 2.49 bits per heavy atom. The number of ether oxygens (including phenoxy) is 1. The third-order valence-corrected chi connectivity index (χ3v) is 5.44. The molecular formula is C22H26F5N7O3. The van der Waals surface area contributed by atoms with Crippen molar-refractivity contribution in [1.29, 1.82) is 10.8 Å². The number of carbonyl (C=O) groups is 2. The van der Waals surface area contributed by atoms with Gasteiger partial charge in [0.1, 0.15) is 17.0 Å². The average molecular weight is 531 g/mol. The third kappa shape index (κ3) is 6.71. The lowest BCUT2D eigenvalue weighted by atomic mass is 10.0. The molecule has 2 aromatic rings. The van der Waals surface area contributed by atoms with Gasteiger partial charge in [-0.1, -0.05) is 0 Å². The minimum atomic E-state index is -4.93. The van der Waals surface area contributed by atoms with E-state index in [0.29, 0.717) is 10.6 Å². The highest BCUT2D eigenvalue weighted by molar-refractivity contribution is 6.03. The number of amidine groups is 2. The summed E-state index contributed by atoms with van der Waals surface area (Å²) >= 11 is 0. The van der Waals surface area contributed by atoms with E-state index in [4.69, 9.17) is 15.6 Å². The van der Waals surface area contributed by atoms with Crippen LogP contribution in [0.2, 0.25) is 0 Å². The molecule has 4 N–H and O–H groups in total. The van der Waals surface area contributed by atoms with Gasteiger partial charge < -0.3 is 19.9 Å². The molecule has 1 saturated heterocycles. The first-order chi connectivity index (χ1) is 17.1. The molecule has 1 aliphatic heterocycles. The van der Waals surface area contributed by atoms with Gasteiger partial charge in [0.05, 0.1) is 6.54 Å². The number of fused-ring (bicyclic) bond motifs is 1. The number of H-pyrrole nitrogens is 1. The second-order valence-corrected chi connectivity index (χ2v) is 9.47. The van der Waals surface area contributed by atoms with E-state index >= 15 is 0 Å². The molecule has 0 spiro atoms. The third-order valence-electron chi connectivity index (χ3n) is 5.44. The molecule has 202 valence electrons. The van der Waals surface area contributed by atoms with E-state index in [2.05, 4.69) is 15.5 Å². The van der Waals surface area contributed by atoms with Crippen molar-refractivity contribution in [3.63, 3.8) is 0 Å². The highest BCUT2D eigenvalue weighted by atomic mass is 19.4. The number of nitrogens with one attached hydrogen (secondary N) is 4. The first-order valence-corrected chi connectivity index (χ1v) is 11.2. The van der Waals surface area contributed by atoms with Crippen molar-refractivity contribution >= 4 is 34.6 Å². The fourth-order valence-corrected chi connectivity index (χ4v) is 3.78. The number of amides is 2. The fraction of sp³-hybridized carbons (Fsp3) is 0.500. The van der Waals surface area contributed by atoms with Gasteiger partial charge in [-0.2, -0.15) is 18.3 Å². The van der Waals surface area contributed by atoms with Crippen molar-refractivity contribution in [3.8, 4) is 0 Å². The Morgan fingerprint density at radius 1 is 1.22 bits per heavy atom. The summed E-state index contributed by atoms with van der Waals surface area (Å²) in [5.41, 5.74) is -0.804. The van der Waals surface area contributed by atoms with Crippen molar-refractivity contribution in [3.05, 3.63) is 29.5 Å². The van der Waals surface area contributed by atoms with E-state index in [-0.39, 0.29) is 30.3 Å². The molecule has 1 aliphatic rings. The van der Waals surface area contributed by atoms with Crippen LogP contribution in [0.3, 0.4) is 0 Å². The number of benzene rings is 1. The Kier molecular flexibility index (Phi) is 7.74. The number of carbonyl (C=O) groups excluding carboxylic acids is 2. The minimum absolute atomic E-state index is 0.0668. The molecule has 0 bridgehead atoms. The summed E-state index contributed by atoms with van der Waals surface area (Å²) in [5.74, 6) is -5.09. The number of piperazine rings is 1. The van der Waals surface area contributed by atoms with Gasteiger partial charge in [-0.05, 0) is 32.9 Å². The van der Waals surface area contributed by atoms with Crippen LogP contribution in [0.25, 0.3) is 10.9 Å². The van der Waals surface area contributed by atoms with Crippen molar-refractivity contribution in [2.24, 2.45) is 0 Å². The number of aromatic amines is 1. The van der Waals surface area contributed by atoms with E-state index < -0.39 is 66.2 Å². The Labute approximate surface area is 208 Å². The van der Waals surface area contributed by atoms with Crippen molar-refractivity contribution in [2.75, 3.05) is 19.6 Å². The van der Waals surface area contributed by atoms with Crippen molar-refractivity contribution in [1.82, 2.24) is 25.3 Å². The molecule has 2 heterocycles.